The Hall–Kier alpha value is -2.04. The molecule has 10 heteroatoms. The van der Waals surface area contributed by atoms with Crippen LogP contribution in [-0.4, -0.2) is 102 Å². The molecule has 3 atom stereocenters. The van der Waals surface area contributed by atoms with Crippen molar-refractivity contribution in [3.8, 4) is 0 Å². The number of piperazine rings is 1. The lowest BCUT2D eigenvalue weighted by Crippen LogP contribution is -2.44. The number of carbonyl (C=O) groups excluding carboxylic acids is 2. The molecule has 0 radical (unpaired) electrons. The lowest BCUT2D eigenvalue weighted by atomic mass is 9.88. The number of hydrogen-bond donors (Lipinski definition) is 0. The molecule has 9 nitrogen and oxygen atoms in total. The van der Waals surface area contributed by atoms with E-state index in [1.165, 1.54) is 0 Å². The molecule has 0 bridgehead atoms. The quantitative estimate of drug-likeness (QED) is 0.627. The Morgan fingerprint density at radius 2 is 1.84 bits per heavy atom. The minimum Gasteiger partial charge on any atom is -0.333 e. The van der Waals surface area contributed by atoms with Crippen molar-refractivity contribution in [2.24, 2.45) is 11.8 Å². The van der Waals surface area contributed by atoms with Crippen LogP contribution in [-0.2, 0) is 21.4 Å². The highest BCUT2D eigenvalue weighted by Gasteiger charge is 2.58. The topological polar surface area (TPSA) is 94.1 Å². The van der Waals surface area contributed by atoms with Crippen molar-refractivity contribution in [1.82, 2.24) is 24.0 Å². The van der Waals surface area contributed by atoms with E-state index in [1.54, 1.807) is 17.2 Å². The second-order valence-corrected chi connectivity index (χ2v) is 11.5. The average Bonchev–Trinajstić information content (AvgIpc) is 3.25. The Bertz CT molecular complexity index is 973. The summed E-state index contributed by atoms with van der Waals surface area (Å²) >= 11 is 0. The molecule has 0 N–H and O–H groups in total. The fourth-order valence-corrected chi connectivity index (χ4v) is 6.49. The molecule has 4 heterocycles. The first-order chi connectivity index (χ1) is 15.1. The highest BCUT2D eigenvalue weighted by Crippen LogP contribution is 2.41. The maximum atomic E-state index is 13.3. The number of fused-ring (bicyclic) bond motifs is 1. The molecule has 0 aliphatic carbocycles. The number of nitrogens with zero attached hydrogens (tertiary/aromatic N) is 5. The second kappa shape index (κ2) is 8.72. The largest absolute Gasteiger partial charge is 0.333 e. The molecular formula is C22H33N5O4S. The van der Waals surface area contributed by atoms with E-state index in [1.807, 2.05) is 19.9 Å². The van der Waals surface area contributed by atoms with Gasteiger partial charge in [-0.3, -0.25) is 19.5 Å². The first-order valence-electron chi connectivity index (χ1n) is 11.3. The van der Waals surface area contributed by atoms with Gasteiger partial charge in [-0.2, -0.15) is 0 Å². The van der Waals surface area contributed by atoms with Gasteiger partial charge in [0.1, 0.15) is 0 Å². The predicted molar refractivity (Wildman–Crippen MR) is 120 cm³/mol. The zero-order chi connectivity index (χ0) is 23.2. The van der Waals surface area contributed by atoms with E-state index in [2.05, 4.69) is 21.8 Å². The molecule has 1 aromatic rings. The molecule has 0 unspecified atom stereocenters. The summed E-state index contributed by atoms with van der Waals surface area (Å²) < 4.78 is 25.6. The summed E-state index contributed by atoms with van der Waals surface area (Å²) in [6, 6.07) is 2.76. The third-order valence-electron chi connectivity index (χ3n) is 6.98. The fourth-order valence-electron chi connectivity index (χ4n) is 5.32. The summed E-state index contributed by atoms with van der Waals surface area (Å²) in [5.74, 6) is -1.18. The van der Waals surface area contributed by atoms with Crippen LogP contribution in [0.5, 0.6) is 0 Å². The van der Waals surface area contributed by atoms with Gasteiger partial charge in [0.2, 0.25) is 15.9 Å². The lowest BCUT2D eigenvalue weighted by Gasteiger charge is -2.32. The molecule has 4 rings (SSSR count). The molecule has 0 spiro atoms. The van der Waals surface area contributed by atoms with Crippen molar-refractivity contribution >= 4 is 21.8 Å². The van der Waals surface area contributed by atoms with Crippen LogP contribution in [0.15, 0.2) is 18.3 Å². The Labute approximate surface area is 190 Å². The molecule has 3 aliphatic rings. The average molecular weight is 464 g/mol. The summed E-state index contributed by atoms with van der Waals surface area (Å²) in [5, 5.41) is 0. The number of carbonyl (C=O) groups is 2. The molecule has 2 amide bonds. The van der Waals surface area contributed by atoms with Gasteiger partial charge in [-0.15, -0.1) is 0 Å². The van der Waals surface area contributed by atoms with Gasteiger partial charge in [0, 0.05) is 45.5 Å². The third kappa shape index (κ3) is 4.27. The zero-order valence-electron chi connectivity index (χ0n) is 19.3. The molecule has 32 heavy (non-hydrogen) atoms. The van der Waals surface area contributed by atoms with Crippen molar-refractivity contribution in [3.05, 3.63) is 29.6 Å². The van der Waals surface area contributed by atoms with E-state index >= 15 is 0 Å². The van der Waals surface area contributed by atoms with Gasteiger partial charge in [0.15, 0.2) is 0 Å². The van der Waals surface area contributed by atoms with Crippen LogP contribution in [0.2, 0.25) is 0 Å². The number of likely N-dealkylation sites (tertiary alicyclic amines) is 1. The Morgan fingerprint density at radius 3 is 2.41 bits per heavy atom. The van der Waals surface area contributed by atoms with Gasteiger partial charge in [-0.05, 0) is 31.5 Å². The first kappa shape index (κ1) is 23.1. The van der Waals surface area contributed by atoms with Crippen LogP contribution >= 0.6 is 0 Å². The minimum atomic E-state index is -3.68. The van der Waals surface area contributed by atoms with Crippen LogP contribution in [0.4, 0.5) is 0 Å². The molecule has 3 fully saturated rings. The predicted octanol–water partition coefficient (Wildman–Crippen LogP) is 0.486. The minimum absolute atomic E-state index is 0.0701. The number of rotatable bonds is 5. The molecule has 0 saturated carbocycles. The van der Waals surface area contributed by atoms with Crippen molar-refractivity contribution in [3.63, 3.8) is 0 Å². The molecular weight excluding hydrogens is 430 g/mol. The van der Waals surface area contributed by atoms with E-state index < -0.39 is 33.9 Å². The van der Waals surface area contributed by atoms with Gasteiger partial charge in [0.25, 0.3) is 5.91 Å². The number of sulfonamides is 1. The number of hydrogen-bond acceptors (Lipinski definition) is 7. The summed E-state index contributed by atoms with van der Waals surface area (Å²) in [6.07, 6.45) is 3.14. The van der Waals surface area contributed by atoms with Gasteiger partial charge in [-0.25, -0.2) is 12.7 Å². The van der Waals surface area contributed by atoms with E-state index in [0.29, 0.717) is 18.5 Å². The van der Waals surface area contributed by atoms with Crippen molar-refractivity contribution < 1.29 is 18.0 Å². The standard InChI is InChI=1S/C22H33N5O4S/c1-15(2)19-20-18(27(22(19)29)32(4,30)31)7-8-26(20)21(28)16-5-6-17(23-13-16)14-25-11-9-24(3)10-12-25/h5-6,13,15,18-20H,7-12,14H2,1-4H3/t18-,19+,20-/m0/s1. The van der Waals surface area contributed by atoms with Crippen LogP contribution in [0.3, 0.4) is 0 Å². The lowest BCUT2D eigenvalue weighted by molar-refractivity contribution is -0.129. The number of pyridine rings is 1. The van der Waals surface area contributed by atoms with E-state index in [-0.39, 0.29) is 11.8 Å². The number of aromatic nitrogens is 1. The fraction of sp³-hybridized carbons (Fsp3) is 0.682. The van der Waals surface area contributed by atoms with Crippen molar-refractivity contribution in [2.75, 3.05) is 46.0 Å². The summed E-state index contributed by atoms with van der Waals surface area (Å²) in [7, 11) is -1.56. The molecule has 0 aromatic carbocycles. The van der Waals surface area contributed by atoms with Gasteiger partial charge in [0.05, 0.1) is 35.5 Å². The Balaban J connectivity index is 1.50. The van der Waals surface area contributed by atoms with E-state index in [4.69, 9.17) is 0 Å². The van der Waals surface area contributed by atoms with Crippen LogP contribution in [0.25, 0.3) is 0 Å². The first-order valence-corrected chi connectivity index (χ1v) is 13.1. The second-order valence-electron chi connectivity index (χ2n) is 9.63. The molecule has 1 aromatic heterocycles. The third-order valence-corrected chi connectivity index (χ3v) is 8.15. The monoisotopic (exact) mass is 463 g/mol. The normalized spacial score (nSPS) is 27.4. The SMILES string of the molecule is CC(C)[C@H]1C(=O)N(S(C)(=O)=O)[C@H]2CCN(C(=O)c3ccc(CN4CCN(C)CC4)nc3)[C@H]12. The van der Waals surface area contributed by atoms with Crippen LogP contribution in [0, 0.1) is 11.8 Å². The summed E-state index contributed by atoms with van der Waals surface area (Å²) in [4.78, 5) is 37.2. The highest BCUT2D eigenvalue weighted by molar-refractivity contribution is 7.88. The van der Waals surface area contributed by atoms with Gasteiger partial charge >= 0.3 is 0 Å². The maximum absolute atomic E-state index is 13.3. The highest BCUT2D eigenvalue weighted by atomic mass is 32.2. The molecule has 176 valence electrons. The van der Waals surface area contributed by atoms with Gasteiger partial charge in [-0.1, -0.05) is 13.8 Å². The van der Waals surface area contributed by atoms with Crippen molar-refractivity contribution in [2.45, 2.75) is 38.9 Å². The smallest absolute Gasteiger partial charge is 0.255 e. The van der Waals surface area contributed by atoms with Crippen molar-refractivity contribution in [1.29, 1.82) is 0 Å². The zero-order valence-corrected chi connectivity index (χ0v) is 20.1. The number of likely N-dealkylation sites (N-methyl/N-ethyl adjacent to an activating group) is 1. The van der Waals surface area contributed by atoms with Crippen LogP contribution in [0.1, 0.15) is 36.3 Å². The molecule has 3 saturated heterocycles. The molecule has 3 aliphatic heterocycles. The number of amides is 2. The maximum Gasteiger partial charge on any atom is 0.255 e. The van der Waals surface area contributed by atoms with E-state index in [9.17, 15) is 18.0 Å². The van der Waals surface area contributed by atoms with Crippen LogP contribution < -0.4 is 0 Å². The van der Waals surface area contributed by atoms with E-state index in [0.717, 1.165) is 49.0 Å². The summed E-state index contributed by atoms with van der Waals surface area (Å²) in [6.45, 7) is 9.06. The van der Waals surface area contributed by atoms with Gasteiger partial charge < -0.3 is 9.80 Å². The Kier molecular flexibility index (Phi) is 6.30. The summed E-state index contributed by atoms with van der Waals surface area (Å²) in [5.41, 5.74) is 1.39. The Morgan fingerprint density at radius 1 is 1.16 bits per heavy atom.